The minimum absolute atomic E-state index is 0.0180. The number of benzene rings is 2. The summed E-state index contributed by atoms with van der Waals surface area (Å²) in [6, 6.07) is 21.6. The Hall–Kier alpha value is -3.77. The Labute approximate surface area is 301 Å². The largest absolute Gasteiger partial charge is 0.393 e. The van der Waals surface area contributed by atoms with Crippen molar-refractivity contribution in [3.63, 3.8) is 0 Å². The summed E-state index contributed by atoms with van der Waals surface area (Å²) >= 11 is 17.8. The van der Waals surface area contributed by atoms with E-state index in [9.17, 15) is 14.7 Å². The van der Waals surface area contributed by atoms with Crippen molar-refractivity contribution in [2.45, 2.75) is 51.7 Å². The number of aliphatic hydroxyl groups excluding tert-OH is 2. The Bertz CT molecular complexity index is 1690. The molecular formula is C36H41Cl3N6O4. The van der Waals surface area contributed by atoms with Crippen molar-refractivity contribution in [1.29, 1.82) is 0 Å². The second kappa shape index (κ2) is 18.8. The summed E-state index contributed by atoms with van der Waals surface area (Å²) in [6.07, 6.45) is 3.07. The van der Waals surface area contributed by atoms with Crippen molar-refractivity contribution >= 4 is 74.9 Å². The molecule has 0 aliphatic carbocycles. The number of pyridine rings is 2. The van der Waals surface area contributed by atoms with Crippen LogP contribution in [0.4, 0.5) is 28.6 Å². The lowest BCUT2D eigenvalue weighted by atomic mass is 10.1. The molecule has 0 amide bonds. The molecule has 10 nitrogen and oxygen atoms in total. The molecule has 2 aromatic carbocycles. The van der Waals surface area contributed by atoms with E-state index >= 15 is 0 Å². The summed E-state index contributed by atoms with van der Waals surface area (Å²) in [5.74, 6) is 0.836. The fourth-order valence-corrected chi connectivity index (χ4v) is 5.79. The number of hydrogen-bond donors (Lipinski definition) is 5. The van der Waals surface area contributed by atoms with Crippen LogP contribution in [-0.4, -0.2) is 70.1 Å². The number of carbonyl (C=O) groups is 2. The Kier molecular flexibility index (Phi) is 14.6. The number of ketones is 2. The average Bonchev–Trinajstić information content (AvgIpc) is 3.05. The fourth-order valence-electron chi connectivity index (χ4n) is 5.12. The van der Waals surface area contributed by atoms with Gasteiger partial charge in [-0.3, -0.25) is 9.59 Å². The molecule has 4 heterocycles. The van der Waals surface area contributed by atoms with Gasteiger partial charge in [-0.2, -0.15) is 0 Å². The zero-order valence-electron chi connectivity index (χ0n) is 27.4. The molecule has 0 radical (unpaired) electrons. The molecule has 49 heavy (non-hydrogen) atoms. The molecule has 2 aromatic heterocycles. The number of rotatable bonds is 7. The highest BCUT2D eigenvalue weighted by Gasteiger charge is 2.19. The first-order valence-corrected chi connectivity index (χ1v) is 17.2. The SMILES string of the molecule is CC(=O)c1cccc(Nc2cc(Cl)nc(Cl)c2)c1.CC(=O)c1cccc(Nc2cc(Cl)nc(N3CCC(O)CC3)c2)c1.OC1CCNCC1. The number of nitrogens with one attached hydrogen (secondary N) is 3. The standard InChI is InChI=1S/C18H20ClN3O2.C13H10Cl2N2O.C5H11NO/c1-12(23)13-3-2-4-14(9-13)20-15-10-17(19)21-18(11-15)22-7-5-16(24)6-8-22;1-8(18)9-3-2-4-10(5-9)16-11-6-12(14)17-13(15)7-11;7-5-1-3-6-4-2-5/h2-4,9-11,16,24H,5-8H2,1H3,(H,20,21);2-7H,1H3,(H,16,17);5-7H,1-4H2. The maximum atomic E-state index is 11.5. The Morgan fingerprint density at radius 3 is 1.57 bits per heavy atom. The predicted molar refractivity (Wildman–Crippen MR) is 199 cm³/mol. The normalized spacial score (nSPS) is 14.9. The number of halogens is 3. The van der Waals surface area contributed by atoms with Crippen LogP contribution in [0.5, 0.6) is 0 Å². The monoisotopic (exact) mass is 726 g/mol. The second-order valence-electron chi connectivity index (χ2n) is 11.8. The molecule has 6 rings (SSSR count). The predicted octanol–water partition coefficient (Wildman–Crippen LogP) is 7.71. The van der Waals surface area contributed by atoms with Crippen LogP contribution in [0.1, 0.15) is 60.2 Å². The van der Waals surface area contributed by atoms with Crippen LogP contribution < -0.4 is 20.9 Å². The van der Waals surface area contributed by atoms with Crippen molar-refractivity contribution in [3.05, 3.63) is 99.4 Å². The number of anilines is 5. The summed E-state index contributed by atoms with van der Waals surface area (Å²) in [7, 11) is 0. The van der Waals surface area contributed by atoms with Crippen LogP contribution in [0, 0.1) is 0 Å². The van der Waals surface area contributed by atoms with Gasteiger partial charge in [-0.25, -0.2) is 9.97 Å². The highest BCUT2D eigenvalue weighted by Crippen LogP contribution is 2.27. The maximum absolute atomic E-state index is 11.5. The van der Waals surface area contributed by atoms with Gasteiger partial charge >= 0.3 is 0 Å². The zero-order chi connectivity index (χ0) is 35.3. The summed E-state index contributed by atoms with van der Waals surface area (Å²) in [5, 5.41) is 29.1. The lowest BCUT2D eigenvalue weighted by molar-refractivity contribution is 0.100. The van der Waals surface area contributed by atoms with Crippen LogP contribution in [0.2, 0.25) is 15.5 Å². The fraction of sp³-hybridized carbons (Fsp3) is 0.333. The van der Waals surface area contributed by atoms with Crippen LogP contribution in [-0.2, 0) is 0 Å². The molecule has 260 valence electrons. The second-order valence-corrected chi connectivity index (χ2v) is 12.9. The van der Waals surface area contributed by atoms with Gasteiger partial charge in [0.2, 0.25) is 0 Å². The smallest absolute Gasteiger partial charge is 0.159 e. The molecule has 13 heteroatoms. The van der Waals surface area contributed by atoms with Gasteiger partial charge in [0, 0.05) is 53.0 Å². The van der Waals surface area contributed by atoms with E-state index in [-0.39, 0.29) is 23.8 Å². The van der Waals surface area contributed by atoms with Crippen LogP contribution >= 0.6 is 34.8 Å². The van der Waals surface area contributed by atoms with Crippen molar-refractivity contribution in [2.75, 3.05) is 41.7 Å². The minimum Gasteiger partial charge on any atom is -0.393 e. The molecule has 0 spiro atoms. The summed E-state index contributed by atoms with van der Waals surface area (Å²) in [5.41, 5.74) is 4.46. The molecule has 2 aliphatic heterocycles. The third-order valence-electron chi connectivity index (χ3n) is 7.76. The zero-order valence-corrected chi connectivity index (χ0v) is 29.7. The third-order valence-corrected chi connectivity index (χ3v) is 8.34. The molecule has 2 fully saturated rings. The lowest BCUT2D eigenvalue weighted by Crippen LogP contribution is -2.36. The van der Waals surface area contributed by atoms with E-state index in [0.29, 0.717) is 26.6 Å². The quantitative estimate of drug-likeness (QED) is 0.0950. The molecule has 2 aliphatic rings. The number of aliphatic hydroxyl groups is 2. The van der Waals surface area contributed by atoms with Gasteiger partial charge in [0.25, 0.3) is 0 Å². The molecule has 0 atom stereocenters. The molecule has 0 saturated carbocycles. The molecule has 5 N–H and O–H groups in total. The van der Waals surface area contributed by atoms with Crippen molar-refractivity contribution in [3.8, 4) is 0 Å². The highest BCUT2D eigenvalue weighted by atomic mass is 35.5. The van der Waals surface area contributed by atoms with E-state index < -0.39 is 0 Å². The van der Waals surface area contributed by atoms with E-state index in [1.54, 1.807) is 43.3 Å². The first-order valence-electron chi connectivity index (χ1n) is 16.0. The number of Topliss-reactive ketones (excluding diaryl/α,β-unsaturated/α-hetero) is 2. The maximum Gasteiger partial charge on any atom is 0.159 e. The first kappa shape index (κ1) is 38.0. The van der Waals surface area contributed by atoms with E-state index in [4.69, 9.17) is 39.9 Å². The lowest BCUT2D eigenvalue weighted by Gasteiger charge is -2.30. The topological polar surface area (TPSA) is 140 Å². The highest BCUT2D eigenvalue weighted by molar-refractivity contribution is 6.32. The number of carbonyl (C=O) groups excluding carboxylic acids is 2. The molecular weight excluding hydrogens is 687 g/mol. The number of piperidine rings is 2. The van der Waals surface area contributed by atoms with Crippen LogP contribution in [0.3, 0.4) is 0 Å². The van der Waals surface area contributed by atoms with Gasteiger partial charge in [0.15, 0.2) is 11.6 Å². The minimum atomic E-state index is -0.229. The Morgan fingerprint density at radius 2 is 1.12 bits per heavy atom. The average molecular weight is 728 g/mol. The number of nitrogens with zero attached hydrogens (tertiary/aromatic N) is 3. The Morgan fingerprint density at radius 1 is 0.673 bits per heavy atom. The van der Waals surface area contributed by atoms with Gasteiger partial charge in [0.05, 0.1) is 12.2 Å². The van der Waals surface area contributed by atoms with Crippen molar-refractivity contribution in [2.24, 2.45) is 0 Å². The van der Waals surface area contributed by atoms with Crippen molar-refractivity contribution in [1.82, 2.24) is 15.3 Å². The van der Waals surface area contributed by atoms with Gasteiger partial charge in [-0.05, 0) is 95.1 Å². The Balaban J connectivity index is 0.000000189. The van der Waals surface area contributed by atoms with E-state index in [2.05, 4.69) is 30.8 Å². The van der Waals surface area contributed by atoms with Crippen molar-refractivity contribution < 1.29 is 19.8 Å². The number of hydrogen-bond acceptors (Lipinski definition) is 10. The van der Waals surface area contributed by atoms with Crippen LogP contribution in [0.25, 0.3) is 0 Å². The van der Waals surface area contributed by atoms with E-state index in [0.717, 1.165) is 80.4 Å². The third kappa shape index (κ3) is 12.9. The van der Waals surface area contributed by atoms with Gasteiger partial charge < -0.3 is 31.1 Å². The van der Waals surface area contributed by atoms with Gasteiger partial charge in [-0.1, -0.05) is 59.1 Å². The van der Waals surface area contributed by atoms with Gasteiger partial charge in [0.1, 0.15) is 21.3 Å². The van der Waals surface area contributed by atoms with Crippen LogP contribution in [0.15, 0.2) is 72.8 Å². The summed E-state index contributed by atoms with van der Waals surface area (Å²) in [4.78, 5) is 33.1. The molecule has 2 saturated heterocycles. The molecule has 4 aromatic rings. The summed E-state index contributed by atoms with van der Waals surface area (Å²) < 4.78 is 0. The molecule has 0 unspecified atom stereocenters. The molecule has 0 bridgehead atoms. The number of aromatic nitrogens is 2. The van der Waals surface area contributed by atoms with E-state index in [1.807, 2.05) is 36.4 Å². The van der Waals surface area contributed by atoms with Gasteiger partial charge in [-0.15, -0.1) is 0 Å². The van der Waals surface area contributed by atoms with E-state index in [1.165, 1.54) is 6.92 Å². The first-order chi connectivity index (χ1) is 23.4. The summed E-state index contributed by atoms with van der Waals surface area (Å²) in [6.45, 7) is 6.56.